The van der Waals surface area contributed by atoms with Crippen molar-refractivity contribution in [3.05, 3.63) is 47.8 Å². The van der Waals surface area contributed by atoms with Crippen molar-refractivity contribution in [2.24, 2.45) is 5.73 Å². The number of thiol groups is 1. The van der Waals surface area contributed by atoms with Crippen LogP contribution in [0.1, 0.15) is 29.8 Å². The first-order chi connectivity index (χ1) is 14.7. The molecule has 2 heterocycles. The van der Waals surface area contributed by atoms with Gasteiger partial charge in [0, 0.05) is 29.6 Å². The molecule has 10 heteroatoms. The summed E-state index contributed by atoms with van der Waals surface area (Å²) in [6, 6.07) is 6.74. The standard InChI is InChI=1S/C21H24F2N4O3S/c1-21(2,25-6-7-31)13-4-5-15-14(10-26-27(15)11-13)12-8-16(29-3)18(19(24)28)17(9-12)30-20(22)23/h4-5,8-11,20,25,31H,6-7H2,1-3H3,(H2,24,28). The van der Waals surface area contributed by atoms with Gasteiger partial charge in [-0.3, -0.25) is 4.79 Å². The van der Waals surface area contributed by atoms with Crippen LogP contribution >= 0.6 is 12.6 Å². The van der Waals surface area contributed by atoms with E-state index in [1.807, 2.05) is 18.3 Å². The first-order valence-corrected chi connectivity index (χ1v) is 10.1. The second kappa shape index (κ2) is 9.11. The molecule has 7 nitrogen and oxygen atoms in total. The number of aromatic nitrogens is 2. The van der Waals surface area contributed by atoms with Crippen LogP contribution in [0, 0.1) is 0 Å². The Morgan fingerprint density at radius 2 is 2.03 bits per heavy atom. The molecule has 0 saturated heterocycles. The third-order valence-corrected chi connectivity index (χ3v) is 5.20. The van der Waals surface area contributed by atoms with E-state index in [0.717, 1.165) is 17.6 Å². The minimum atomic E-state index is -3.13. The van der Waals surface area contributed by atoms with Crippen molar-refractivity contribution in [2.45, 2.75) is 26.0 Å². The maximum Gasteiger partial charge on any atom is 0.387 e. The van der Waals surface area contributed by atoms with Gasteiger partial charge in [-0.25, -0.2) is 4.52 Å². The second-order valence-corrected chi connectivity index (χ2v) is 7.82. The van der Waals surface area contributed by atoms with E-state index in [2.05, 4.69) is 41.6 Å². The van der Waals surface area contributed by atoms with Crippen LogP contribution in [0.4, 0.5) is 8.78 Å². The molecule has 0 aliphatic carbocycles. The van der Waals surface area contributed by atoms with Crippen LogP contribution in [0.15, 0.2) is 36.7 Å². The predicted molar refractivity (Wildman–Crippen MR) is 117 cm³/mol. The molecule has 0 spiro atoms. The molecule has 0 unspecified atom stereocenters. The summed E-state index contributed by atoms with van der Waals surface area (Å²) in [6.07, 6.45) is 3.51. The lowest BCUT2D eigenvalue weighted by molar-refractivity contribution is -0.0501. The molecule has 3 aromatic rings. The van der Waals surface area contributed by atoms with E-state index in [9.17, 15) is 13.6 Å². The highest BCUT2D eigenvalue weighted by Crippen LogP contribution is 2.37. The number of nitrogens with one attached hydrogen (secondary N) is 1. The van der Waals surface area contributed by atoms with Gasteiger partial charge in [-0.1, -0.05) is 6.07 Å². The van der Waals surface area contributed by atoms with E-state index in [0.29, 0.717) is 16.9 Å². The lowest BCUT2D eigenvalue weighted by Gasteiger charge is -2.26. The van der Waals surface area contributed by atoms with Gasteiger partial charge in [0.15, 0.2) is 0 Å². The molecule has 0 fully saturated rings. The maximum atomic E-state index is 12.9. The van der Waals surface area contributed by atoms with E-state index < -0.39 is 12.5 Å². The van der Waals surface area contributed by atoms with Crippen LogP contribution in [0.5, 0.6) is 11.5 Å². The van der Waals surface area contributed by atoms with Crippen molar-refractivity contribution in [2.75, 3.05) is 19.4 Å². The van der Waals surface area contributed by atoms with Gasteiger partial charge in [0.25, 0.3) is 5.91 Å². The van der Waals surface area contributed by atoms with Crippen LogP contribution in [0.25, 0.3) is 16.6 Å². The summed E-state index contributed by atoms with van der Waals surface area (Å²) in [7, 11) is 1.32. The number of carbonyl (C=O) groups is 1. The van der Waals surface area contributed by atoms with Crippen molar-refractivity contribution in [3.8, 4) is 22.6 Å². The highest BCUT2D eigenvalue weighted by Gasteiger charge is 2.23. The molecule has 0 aliphatic rings. The van der Waals surface area contributed by atoms with Crippen LogP contribution in [0.2, 0.25) is 0 Å². The Balaban J connectivity index is 2.10. The first-order valence-electron chi connectivity index (χ1n) is 9.48. The number of carbonyl (C=O) groups excluding carboxylic acids is 1. The van der Waals surface area contributed by atoms with E-state index in [-0.39, 0.29) is 22.6 Å². The third kappa shape index (κ3) is 4.75. The summed E-state index contributed by atoms with van der Waals surface area (Å²) in [4.78, 5) is 11.8. The normalized spacial score (nSPS) is 11.8. The van der Waals surface area contributed by atoms with E-state index in [4.69, 9.17) is 10.5 Å². The summed E-state index contributed by atoms with van der Waals surface area (Å²) >= 11 is 4.24. The largest absolute Gasteiger partial charge is 0.496 e. The molecule has 3 N–H and O–H groups in total. The number of amides is 1. The van der Waals surface area contributed by atoms with Crippen molar-refractivity contribution in [3.63, 3.8) is 0 Å². The maximum absolute atomic E-state index is 12.9. The molecule has 31 heavy (non-hydrogen) atoms. The predicted octanol–water partition coefficient (Wildman–Crippen LogP) is 3.46. The average molecular weight is 451 g/mol. The fourth-order valence-electron chi connectivity index (χ4n) is 3.38. The summed E-state index contributed by atoms with van der Waals surface area (Å²) in [5, 5.41) is 7.83. The van der Waals surface area contributed by atoms with Crippen LogP contribution in [-0.4, -0.2) is 41.5 Å². The zero-order valence-corrected chi connectivity index (χ0v) is 18.2. The zero-order chi connectivity index (χ0) is 22.8. The Labute approximate surface area is 183 Å². The minimum absolute atomic E-state index is 0.0358. The molecule has 166 valence electrons. The average Bonchev–Trinajstić information content (AvgIpc) is 3.14. The van der Waals surface area contributed by atoms with Gasteiger partial charge in [-0.05, 0) is 43.2 Å². The number of fused-ring (bicyclic) bond motifs is 1. The van der Waals surface area contributed by atoms with Crippen LogP contribution in [-0.2, 0) is 5.54 Å². The fourth-order valence-corrected chi connectivity index (χ4v) is 3.50. The Morgan fingerprint density at radius 1 is 1.32 bits per heavy atom. The van der Waals surface area contributed by atoms with Crippen molar-refractivity contribution in [1.29, 1.82) is 0 Å². The van der Waals surface area contributed by atoms with Gasteiger partial charge >= 0.3 is 6.61 Å². The number of benzene rings is 1. The van der Waals surface area contributed by atoms with E-state index >= 15 is 0 Å². The number of primary amides is 1. The van der Waals surface area contributed by atoms with E-state index in [1.165, 1.54) is 13.2 Å². The number of hydrogen-bond donors (Lipinski definition) is 3. The fraction of sp³-hybridized carbons (Fsp3) is 0.333. The molecule has 3 rings (SSSR count). The Bertz CT molecular complexity index is 1100. The molecule has 2 aromatic heterocycles. The molecule has 0 saturated carbocycles. The van der Waals surface area contributed by atoms with Gasteiger partial charge in [0.05, 0.1) is 18.8 Å². The zero-order valence-electron chi connectivity index (χ0n) is 17.4. The van der Waals surface area contributed by atoms with Gasteiger partial charge < -0.3 is 20.5 Å². The Kier molecular flexibility index (Phi) is 6.71. The lowest BCUT2D eigenvalue weighted by Crippen LogP contribution is -2.37. The number of pyridine rings is 1. The number of halogens is 2. The highest BCUT2D eigenvalue weighted by atomic mass is 32.1. The van der Waals surface area contributed by atoms with Gasteiger partial charge in [-0.15, -0.1) is 0 Å². The summed E-state index contributed by atoms with van der Waals surface area (Å²) < 4.78 is 37.3. The topological polar surface area (TPSA) is 90.9 Å². The summed E-state index contributed by atoms with van der Waals surface area (Å²) in [6.45, 7) is 1.74. The molecule has 0 aliphatic heterocycles. The number of methoxy groups -OCH3 is 1. The monoisotopic (exact) mass is 450 g/mol. The number of nitrogens with two attached hydrogens (primary N) is 1. The van der Waals surface area contributed by atoms with Crippen LogP contribution < -0.4 is 20.5 Å². The molecule has 1 amide bonds. The smallest absolute Gasteiger partial charge is 0.387 e. The highest BCUT2D eigenvalue weighted by molar-refractivity contribution is 7.80. The number of alkyl halides is 2. The molecule has 0 bridgehead atoms. The van der Waals surface area contributed by atoms with Crippen LogP contribution in [0.3, 0.4) is 0 Å². The summed E-state index contributed by atoms with van der Waals surface area (Å²) in [5.41, 5.74) is 7.70. The lowest BCUT2D eigenvalue weighted by atomic mass is 9.95. The number of nitrogens with zero attached hydrogens (tertiary/aromatic N) is 2. The molecule has 1 aromatic carbocycles. The molecular weight excluding hydrogens is 426 g/mol. The minimum Gasteiger partial charge on any atom is -0.496 e. The number of hydrogen-bond acceptors (Lipinski definition) is 6. The molecule has 0 radical (unpaired) electrons. The SMILES string of the molecule is COc1cc(-c2cnn3cc(C(C)(C)NCCS)ccc23)cc(OC(F)F)c1C(N)=O. The third-order valence-electron chi connectivity index (χ3n) is 4.98. The van der Waals surface area contributed by atoms with Gasteiger partial charge in [0.1, 0.15) is 17.1 Å². The first kappa shape index (κ1) is 22.8. The number of ether oxygens (including phenoxy) is 2. The second-order valence-electron chi connectivity index (χ2n) is 7.38. The van der Waals surface area contributed by atoms with Gasteiger partial charge in [-0.2, -0.15) is 26.5 Å². The van der Waals surface area contributed by atoms with Crippen molar-refractivity contribution in [1.82, 2.24) is 14.9 Å². The summed E-state index contributed by atoms with van der Waals surface area (Å²) in [5.74, 6) is -0.540. The van der Waals surface area contributed by atoms with Gasteiger partial charge in [0.2, 0.25) is 0 Å². The van der Waals surface area contributed by atoms with Crippen molar-refractivity contribution < 1.29 is 23.0 Å². The molecule has 0 atom stereocenters. The van der Waals surface area contributed by atoms with E-state index in [1.54, 1.807) is 16.8 Å². The Morgan fingerprint density at radius 3 is 2.65 bits per heavy atom. The Hall–Kier alpha value is -2.85. The molecular formula is C21H24F2N4O3S. The number of rotatable bonds is 9. The quantitative estimate of drug-likeness (QED) is 0.435. The van der Waals surface area contributed by atoms with Crippen molar-refractivity contribution >= 4 is 24.1 Å².